The van der Waals surface area contributed by atoms with Crippen LogP contribution in [0.1, 0.15) is 5.69 Å². The predicted octanol–water partition coefficient (Wildman–Crippen LogP) is 5.16. The summed E-state index contributed by atoms with van der Waals surface area (Å²) in [6.07, 6.45) is 2.66. The van der Waals surface area contributed by atoms with Crippen molar-refractivity contribution in [2.75, 3.05) is 36.6 Å². The first-order valence-corrected chi connectivity index (χ1v) is 20.3. The first-order chi connectivity index (χ1) is 13.6. The fraction of sp³-hybridized carbons (Fsp3) is 0.778. The topological polar surface area (TPSA) is 81.6 Å². The molecule has 30 heavy (non-hydrogen) atoms. The molecule has 1 heterocycles. The van der Waals surface area contributed by atoms with Crippen molar-refractivity contribution in [3.8, 4) is 0 Å². The number of rotatable bonds is 11. The van der Waals surface area contributed by atoms with Crippen LogP contribution in [0.2, 0.25) is 51.4 Å². The molecule has 0 aliphatic heterocycles. The van der Waals surface area contributed by atoms with Crippen molar-refractivity contribution >= 4 is 59.7 Å². The number of aryl methyl sites for hydroxylation is 1. The fourth-order valence-corrected chi connectivity index (χ4v) is 4.28. The minimum absolute atomic E-state index is 0.0651. The third-order valence-corrected chi connectivity index (χ3v) is 9.22. The molecule has 0 aliphatic rings. The van der Waals surface area contributed by atoms with Crippen LogP contribution in [0.15, 0.2) is 10.7 Å². The number of halogens is 2. The molecule has 1 aromatic rings. The van der Waals surface area contributed by atoms with Crippen LogP contribution in [0.4, 0.5) is 5.95 Å². The summed E-state index contributed by atoms with van der Waals surface area (Å²) in [5.74, 6) is 0.131. The summed E-state index contributed by atoms with van der Waals surface area (Å²) < 4.78 is 36.1. The van der Waals surface area contributed by atoms with Crippen LogP contribution in [-0.2, 0) is 19.5 Å². The minimum Gasteiger partial charge on any atom is -0.366 e. The second-order valence-electron chi connectivity index (χ2n) is 9.39. The Hall–Kier alpha value is -0.0462. The normalized spacial score (nSPS) is 12.3. The number of ether oxygens (including phenoxy) is 2. The van der Waals surface area contributed by atoms with Gasteiger partial charge in [-0.05, 0) is 34.9 Å². The molecule has 0 amide bonds. The van der Waals surface area contributed by atoms with Crippen molar-refractivity contribution in [3.05, 3.63) is 16.4 Å². The molecule has 0 aliphatic carbocycles. The molecule has 0 saturated heterocycles. The number of alkyl halides is 1. The molecule has 7 nitrogen and oxygen atoms in total. The third-order valence-electron chi connectivity index (χ3n) is 3.81. The Balaban J connectivity index is 0.000000787. The van der Waals surface area contributed by atoms with E-state index in [1.165, 1.54) is 12.2 Å². The molecule has 0 N–H and O–H groups in total. The van der Waals surface area contributed by atoms with Gasteiger partial charge in [-0.25, -0.2) is 22.7 Å². The van der Waals surface area contributed by atoms with E-state index < -0.39 is 26.2 Å². The molecule has 1 rings (SSSR count). The zero-order valence-corrected chi connectivity index (χ0v) is 24.6. The summed E-state index contributed by atoms with van der Waals surface area (Å²) in [6, 6.07) is 2.52. The molecule has 1 aromatic heterocycles. The van der Waals surface area contributed by atoms with Gasteiger partial charge >= 0.3 is 0 Å². The molecular formula is C18H37BrClN3O4SSi2. The van der Waals surface area contributed by atoms with Gasteiger partial charge in [-0.2, -0.15) is 0 Å². The molecule has 0 fully saturated rings. The highest BCUT2D eigenvalue weighted by Gasteiger charge is 2.21. The molecule has 0 aromatic carbocycles. The molecule has 0 bridgehead atoms. The van der Waals surface area contributed by atoms with Gasteiger partial charge in [0.25, 0.3) is 0 Å². The summed E-state index contributed by atoms with van der Waals surface area (Å²) in [5, 5.41) is 0. The average Bonchev–Trinajstić information content (AvgIpc) is 2.55. The average molecular weight is 563 g/mol. The maximum Gasteiger partial charge on any atom is 0.241 e. The lowest BCUT2D eigenvalue weighted by atomic mass is 10.5. The lowest BCUT2D eigenvalue weighted by Gasteiger charge is -2.21. The SMILES string of the molecule is C[Si](C)(C)CCOCCl.Cc1nc(N(COCC[Si](C)(C)C)S(C)(=O)=O)ncc1Br. The highest BCUT2D eigenvalue weighted by Crippen LogP contribution is 2.18. The summed E-state index contributed by atoms with van der Waals surface area (Å²) in [6.45, 7) is 16.8. The smallest absolute Gasteiger partial charge is 0.241 e. The van der Waals surface area contributed by atoms with E-state index in [1.54, 1.807) is 6.92 Å². The maximum atomic E-state index is 11.9. The number of hydrogen-bond donors (Lipinski definition) is 0. The number of nitrogens with zero attached hydrogens (tertiary/aromatic N) is 3. The van der Waals surface area contributed by atoms with E-state index in [-0.39, 0.29) is 12.7 Å². The maximum absolute atomic E-state index is 11.9. The van der Waals surface area contributed by atoms with Crippen LogP contribution in [0.5, 0.6) is 0 Å². The van der Waals surface area contributed by atoms with Crippen molar-refractivity contribution in [2.45, 2.75) is 58.3 Å². The number of aromatic nitrogens is 2. The minimum atomic E-state index is -3.48. The standard InChI is InChI=1S/C12H22BrN3O3SSi.C6H15ClOSi/c1-10-11(13)8-14-12(15-10)16(20(2,17)18)9-19-6-7-21(3,4)5;1-9(2,3)5-4-8-6-7/h8H,6-7,9H2,1-5H3;4-6H2,1-3H3. The van der Waals surface area contributed by atoms with Gasteiger partial charge in [-0.1, -0.05) is 50.9 Å². The van der Waals surface area contributed by atoms with E-state index in [1.807, 2.05) is 0 Å². The Labute approximate surface area is 198 Å². The van der Waals surface area contributed by atoms with Gasteiger partial charge in [-0.3, -0.25) is 0 Å². The van der Waals surface area contributed by atoms with Gasteiger partial charge in [-0.15, -0.1) is 0 Å². The van der Waals surface area contributed by atoms with Crippen LogP contribution in [0.25, 0.3) is 0 Å². The Morgan fingerprint density at radius 2 is 1.57 bits per heavy atom. The lowest BCUT2D eigenvalue weighted by molar-refractivity contribution is 0.155. The highest BCUT2D eigenvalue weighted by molar-refractivity contribution is 9.10. The lowest BCUT2D eigenvalue weighted by Crippen LogP contribution is -2.34. The first kappa shape index (κ1) is 30.0. The quantitative estimate of drug-likeness (QED) is 0.160. The van der Waals surface area contributed by atoms with E-state index >= 15 is 0 Å². The molecule has 176 valence electrons. The fourth-order valence-electron chi connectivity index (χ4n) is 1.82. The van der Waals surface area contributed by atoms with Crippen LogP contribution in [-0.4, -0.2) is 66.8 Å². The summed E-state index contributed by atoms with van der Waals surface area (Å²) >= 11 is 8.62. The zero-order valence-electron chi connectivity index (χ0n) is 19.5. The van der Waals surface area contributed by atoms with Crippen molar-refractivity contribution in [3.63, 3.8) is 0 Å². The molecule has 0 saturated carbocycles. The molecular weight excluding hydrogens is 526 g/mol. The highest BCUT2D eigenvalue weighted by atomic mass is 79.9. The number of anilines is 1. The monoisotopic (exact) mass is 561 g/mol. The van der Waals surface area contributed by atoms with Crippen LogP contribution in [0.3, 0.4) is 0 Å². The summed E-state index contributed by atoms with van der Waals surface area (Å²) in [7, 11) is -5.56. The van der Waals surface area contributed by atoms with Gasteiger partial charge in [0.05, 0.1) is 16.4 Å². The zero-order chi connectivity index (χ0) is 23.6. The second-order valence-corrected chi connectivity index (χ2v) is 23.6. The van der Waals surface area contributed by atoms with Crippen molar-refractivity contribution < 1.29 is 17.9 Å². The van der Waals surface area contributed by atoms with Crippen molar-refractivity contribution in [1.82, 2.24) is 9.97 Å². The van der Waals surface area contributed by atoms with E-state index in [0.29, 0.717) is 18.4 Å². The van der Waals surface area contributed by atoms with Gasteiger partial charge in [0, 0.05) is 35.6 Å². The van der Waals surface area contributed by atoms with Gasteiger partial charge in [0.15, 0.2) is 0 Å². The Morgan fingerprint density at radius 1 is 1.07 bits per heavy atom. The van der Waals surface area contributed by atoms with Crippen LogP contribution in [0, 0.1) is 6.92 Å². The summed E-state index contributed by atoms with van der Waals surface area (Å²) in [5.41, 5.74) is 0.677. The van der Waals surface area contributed by atoms with E-state index in [2.05, 4.69) is 65.2 Å². The number of hydrogen-bond acceptors (Lipinski definition) is 6. The summed E-state index contributed by atoms with van der Waals surface area (Å²) in [4.78, 5) is 8.24. The van der Waals surface area contributed by atoms with E-state index in [0.717, 1.165) is 27.7 Å². The predicted molar refractivity (Wildman–Crippen MR) is 136 cm³/mol. The Morgan fingerprint density at radius 3 is 1.97 bits per heavy atom. The van der Waals surface area contributed by atoms with Gasteiger partial charge in [0.1, 0.15) is 12.8 Å². The third kappa shape index (κ3) is 14.9. The van der Waals surface area contributed by atoms with Crippen LogP contribution >= 0.6 is 27.5 Å². The van der Waals surface area contributed by atoms with E-state index in [4.69, 9.17) is 21.1 Å². The molecule has 0 unspecified atom stereocenters. The molecule has 12 heteroatoms. The molecule has 0 atom stereocenters. The van der Waals surface area contributed by atoms with Gasteiger partial charge < -0.3 is 9.47 Å². The molecule has 0 spiro atoms. The number of sulfonamides is 1. The van der Waals surface area contributed by atoms with E-state index in [9.17, 15) is 8.42 Å². The van der Waals surface area contributed by atoms with Crippen LogP contribution < -0.4 is 4.31 Å². The Kier molecular flexibility index (Phi) is 13.5. The van der Waals surface area contributed by atoms with Crippen molar-refractivity contribution in [2.24, 2.45) is 0 Å². The first-order valence-electron chi connectivity index (χ1n) is 9.75. The van der Waals surface area contributed by atoms with Gasteiger partial charge in [0.2, 0.25) is 16.0 Å². The molecule has 0 radical (unpaired) electrons. The second kappa shape index (κ2) is 13.5. The van der Waals surface area contributed by atoms with Crippen molar-refractivity contribution in [1.29, 1.82) is 0 Å². The largest absolute Gasteiger partial charge is 0.366 e. The Bertz CT molecular complexity index is 744.